The smallest absolute Gasteiger partial charge is 0.228 e. The number of hydrogen-bond donors (Lipinski definition) is 1. The van der Waals surface area contributed by atoms with E-state index in [1.807, 2.05) is 19.1 Å². The normalized spacial score (nSPS) is 10.7. The highest BCUT2D eigenvalue weighted by molar-refractivity contribution is 7.15. The third-order valence-corrected chi connectivity index (χ3v) is 4.64. The van der Waals surface area contributed by atoms with Gasteiger partial charge in [-0.3, -0.25) is 4.79 Å². The largest absolute Gasteiger partial charge is 0.381 e. The second-order valence-corrected chi connectivity index (χ2v) is 6.42. The van der Waals surface area contributed by atoms with Crippen LogP contribution in [0, 0.1) is 0 Å². The summed E-state index contributed by atoms with van der Waals surface area (Å²) in [4.78, 5) is 16.9. The van der Waals surface area contributed by atoms with Crippen molar-refractivity contribution in [3.8, 4) is 0 Å². The summed E-state index contributed by atoms with van der Waals surface area (Å²) in [5, 5.41) is 4.43. The van der Waals surface area contributed by atoms with E-state index in [0.29, 0.717) is 41.2 Å². The minimum atomic E-state index is -0.102. The molecule has 118 valence electrons. The summed E-state index contributed by atoms with van der Waals surface area (Å²) in [5.74, 6) is -0.102. The van der Waals surface area contributed by atoms with Crippen LogP contribution in [-0.4, -0.2) is 24.1 Å². The lowest BCUT2D eigenvalue weighted by molar-refractivity contribution is -0.117. The number of nitrogens with zero attached hydrogens (tertiary/aromatic N) is 1. The van der Waals surface area contributed by atoms with E-state index in [4.69, 9.17) is 27.9 Å². The van der Waals surface area contributed by atoms with Crippen LogP contribution in [0.2, 0.25) is 10.0 Å². The first kappa shape index (κ1) is 17.2. The Morgan fingerprint density at radius 2 is 2.23 bits per heavy atom. The average Bonchev–Trinajstić information content (AvgIpc) is 2.91. The highest BCUT2D eigenvalue weighted by atomic mass is 35.5. The predicted octanol–water partition coefficient (Wildman–Crippen LogP) is 4.41. The number of halogens is 2. The molecule has 0 radical (unpaired) electrons. The van der Waals surface area contributed by atoms with E-state index in [9.17, 15) is 4.79 Å². The molecule has 22 heavy (non-hydrogen) atoms. The Morgan fingerprint density at radius 3 is 3.00 bits per heavy atom. The molecule has 0 aliphatic carbocycles. The second kappa shape index (κ2) is 8.48. The van der Waals surface area contributed by atoms with Crippen molar-refractivity contribution in [2.24, 2.45) is 0 Å². The molecular weight excluding hydrogens is 343 g/mol. The molecule has 1 amide bonds. The van der Waals surface area contributed by atoms with Gasteiger partial charge in [-0.2, -0.15) is 0 Å². The van der Waals surface area contributed by atoms with Gasteiger partial charge in [0.2, 0.25) is 5.91 Å². The Balaban J connectivity index is 1.94. The van der Waals surface area contributed by atoms with Crippen LogP contribution in [0.4, 0.5) is 5.13 Å². The number of carbonyl (C=O) groups is 1. The van der Waals surface area contributed by atoms with Gasteiger partial charge < -0.3 is 10.1 Å². The van der Waals surface area contributed by atoms with E-state index in [-0.39, 0.29) is 5.91 Å². The number of rotatable bonds is 7. The fraction of sp³-hybridized carbons (Fsp3) is 0.333. The first-order chi connectivity index (χ1) is 10.6. The highest BCUT2D eigenvalue weighted by Gasteiger charge is 2.10. The fourth-order valence-corrected chi connectivity index (χ4v) is 3.05. The molecule has 2 aromatic rings. The zero-order valence-corrected chi connectivity index (χ0v) is 14.4. The lowest BCUT2D eigenvalue weighted by Gasteiger charge is -2.03. The molecule has 1 heterocycles. The molecule has 1 aromatic carbocycles. The molecule has 0 fully saturated rings. The monoisotopic (exact) mass is 358 g/mol. The van der Waals surface area contributed by atoms with Crippen LogP contribution in [0.25, 0.3) is 0 Å². The van der Waals surface area contributed by atoms with E-state index >= 15 is 0 Å². The van der Waals surface area contributed by atoms with Gasteiger partial charge in [0.05, 0.1) is 23.1 Å². The summed E-state index contributed by atoms with van der Waals surface area (Å²) in [7, 11) is 0. The van der Waals surface area contributed by atoms with Crippen molar-refractivity contribution < 1.29 is 9.53 Å². The first-order valence-electron chi connectivity index (χ1n) is 6.85. The molecule has 0 aliphatic heterocycles. The van der Waals surface area contributed by atoms with Gasteiger partial charge in [-0.1, -0.05) is 35.3 Å². The first-order valence-corrected chi connectivity index (χ1v) is 8.42. The van der Waals surface area contributed by atoms with E-state index < -0.39 is 0 Å². The number of benzene rings is 1. The van der Waals surface area contributed by atoms with Crippen LogP contribution >= 0.6 is 34.5 Å². The summed E-state index contributed by atoms with van der Waals surface area (Å²) in [5.41, 5.74) is 0.937. The summed E-state index contributed by atoms with van der Waals surface area (Å²) in [6.45, 7) is 2.92. The number of aromatic nitrogens is 1. The third kappa shape index (κ3) is 4.95. The van der Waals surface area contributed by atoms with Gasteiger partial charge in [0.1, 0.15) is 0 Å². The van der Waals surface area contributed by atoms with Crippen molar-refractivity contribution in [2.75, 3.05) is 18.5 Å². The lowest BCUT2D eigenvalue weighted by atomic mass is 10.1. The van der Waals surface area contributed by atoms with Crippen LogP contribution < -0.4 is 5.32 Å². The molecule has 1 N–H and O–H groups in total. The Bertz CT molecular complexity index is 646. The molecule has 0 atom stereocenters. The van der Waals surface area contributed by atoms with Gasteiger partial charge in [0, 0.05) is 24.1 Å². The molecule has 0 aliphatic rings. The molecular formula is C15H16Cl2N2O2S. The molecule has 2 rings (SSSR count). The van der Waals surface area contributed by atoms with Crippen LogP contribution in [0.3, 0.4) is 0 Å². The zero-order chi connectivity index (χ0) is 15.9. The van der Waals surface area contributed by atoms with Crippen LogP contribution in [0.5, 0.6) is 0 Å². The van der Waals surface area contributed by atoms with Gasteiger partial charge >= 0.3 is 0 Å². The van der Waals surface area contributed by atoms with Crippen LogP contribution in [-0.2, 0) is 16.0 Å². The minimum absolute atomic E-state index is 0.102. The maximum atomic E-state index is 11.7. The van der Waals surface area contributed by atoms with E-state index in [2.05, 4.69) is 10.3 Å². The van der Waals surface area contributed by atoms with E-state index in [0.717, 1.165) is 10.4 Å². The van der Waals surface area contributed by atoms with Crippen molar-refractivity contribution in [3.63, 3.8) is 0 Å². The summed E-state index contributed by atoms with van der Waals surface area (Å²) in [6.07, 6.45) is 2.69. The lowest BCUT2D eigenvalue weighted by Crippen LogP contribution is -2.13. The summed E-state index contributed by atoms with van der Waals surface area (Å²) in [6, 6.07) is 5.54. The predicted molar refractivity (Wildman–Crippen MR) is 91.1 cm³/mol. The zero-order valence-electron chi connectivity index (χ0n) is 12.1. The van der Waals surface area contributed by atoms with Crippen molar-refractivity contribution >= 4 is 45.6 Å². The number of nitrogens with one attached hydrogen (secondary N) is 1. The number of anilines is 1. The third-order valence-electron chi connectivity index (χ3n) is 2.87. The molecule has 0 bridgehead atoms. The minimum Gasteiger partial charge on any atom is -0.381 e. The number of amides is 1. The SMILES string of the molecule is CCOCCC(=O)Nc1ncc(Cc2cccc(Cl)c2Cl)s1. The Kier molecular flexibility index (Phi) is 6.64. The molecule has 0 saturated carbocycles. The maximum absolute atomic E-state index is 11.7. The van der Waals surface area contributed by atoms with Crippen molar-refractivity contribution in [1.82, 2.24) is 4.98 Å². The van der Waals surface area contributed by atoms with Gasteiger partial charge in [-0.15, -0.1) is 11.3 Å². The van der Waals surface area contributed by atoms with Gasteiger partial charge in [-0.25, -0.2) is 4.98 Å². The Labute approximate surface area is 143 Å². The number of thiazole rings is 1. The van der Waals surface area contributed by atoms with Crippen LogP contribution in [0.1, 0.15) is 23.8 Å². The van der Waals surface area contributed by atoms with Crippen molar-refractivity contribution in [1.29, 1.82) is 0 Å². The summed E-state index contributed by atoms with van der Waals surface area (Å²) < 4.78 is 5.15. The van der Waals surface area contributed by atoms with Crippen molar-refractivity contribution in [3.05, 3.63) is 44.9 Å². The molecule has 7 heteroatoms. The number of hydrogen-bond acceptors (Lipinski definition) is 4. The maximum Gasteiger partial charge on any atom is 0.228 e. The topological polar surface area (TPSA) is 51.2 Å². The highest BCUT2D eigenvalue weighted by Crippen LogP contribution is 2.29. The van der Waals surface area contributed by atoms with Gasteiger partial charge in [0.15, 0.2) is 5.13 Å². The Morgan fingerprint density at radius 1 is 1.41 bits per heavy atom. The average molecular weight is 359 g/mol. The quantitative estimate of drug-likeness (QED) is 0.746. The number of carbonyl (C=O) groups excluding carboxylic acids is 1. The standard InChI is InChI=1S/C15H16Cl2N2O2S/c1-2-21-7-6-13(20)19-15-18-9-11(22-15)8-10-4-3-5-12(16)14(10)17/h3-5,9H,2,6-8H2,1H3,(H,18,19,20). The molecule has 4 nitrogen and oxygen atoms in total. The number of ether oxygens (including phenoxy) is 1. The van der Waals surface area contributed by atoms with E-state index in [1.54, 1.807) is 12.3 Å². The van der Waals surface area contributed by atoms with Crippen molar-refractivity contribution in [2.45, 2.75) is 19.8 Å². The Hall–Kier alpha value is -1.14. The molecule has 0 saturated heterocycles. The van der Waals surface area contributed by atoms with E-state index in [1.165, 1.54) is 11.3 Å². The van der Waals surface area contributed by atoms with Gasteiger partial charge in [-0.05, 0) is 18.6 Å². The second-order valence-electron chi connectivity index (χ2n) is 4.52. The fourth-order valence-electron chi connectivity index (χ4n) is 1.81. The molecule has 0 unspecified atom stereocenters. The molecule has 0 spiro atoms. The van der Waals surface area contributed by atoms with Crippen LogP contribution in [0.15, 0.2) is 24.4 Å². The summed E-state index contributed by atoms with van der Waals surface area (Å²) >= 11 is 13.6. The molecule has 1 aromatic heterocycles. The van der Waals surface area contributed by atoms with Gasteiger partial charge in [0.25, 0.3) is 0 Å².